The lowest BCUT2D eigenvalue weighted by molar-refractivity contribution is 0.0539. The van der Waals surface area contributed by atoms with E-state index in [4.69, 9.17) is 4.74 Å². The molecule has 0 spiro atoms. The van der Waals surface area contributed by atoms with Crippen LogP contribution >= 0.6 is 0 Å². The summed E-state index contributed by atoms with van der Waals surface area (Å²) in [6, 6.07) is 5.44. The Morgan fingerprint density at radius 2 is 1.88 bits per heavy atom. The number of aromatic nitrogens is 4. The van der Waals surface area contributed by atoms with Gasteiger partial charge in [-0.05, 0) is 44.5 Å². The Hall–Kier alpha value is -2.96. The largest absolute Gasteiger partial charge is 0.443 e. The van der Waals surface area contributed by atoms with Crippen molar-refractivity contribution in [3.63, 3.8) is 0 Å². The number of imidazole rings is 1. The average molecular weight is 354 g/mol. The molecule has 0 aliphatic rings. The average Bonchev–Trinajstić information content (AvgIpc) is 2.96. The molecule has 0 aliphatic carbocycles. The van der Waals surface area contributed by atoms with E-state index in [9.17, 15) is 9.59 Å². The number of nitrogens with zero attached hydrogens (tertiary/aromatic N) is 4. The molecule has 3 rings (SSSR count). The second-order valence-corrected chi connectivity index (χ2v) is 7.04. The van der Waals surface area contributed by atoms with Gasteiger partial charge in [-0.15, -0.1) is 0 Å². The van der Waals surface area contributed by atoms with Crippen molar-refractivity contribution in [1.82, 2.24) is 19.1 Å². The molecule has 0 saturated carbocycles. The normalized spacial score (nSPS) is 11.7. The first-order valence-electron chi connectivity index (χ1n) is 8.53. The zero-order valence-corrected chi connectivity index (χ0v) is 15.4. The lowest BCUT2D eigenvalue weighted by atomic mass is 10.2. The van der Waals surface area contributed by atoms with Crippen molar-refractivity contribution in [2.75, 3.05) is 0 Å². The second-order valence-electron chi connectivity index (χ2n) is 7.04. The van der Waals surface area contributed by atoms with Gasteiger partial charge in [0, 0.05) is 25.0 Å². The molecule has 136 valence electrons. The van der Waals surface area contributed by atoms with Crippen LogP contribution < -0.4 is 5.56 Å². The van der Waals surface area contributed by atoms with Crippen LogP contribution in [0, 0.1) is 0 Å². The van der Waals surface area contributed by atoms with Crippen LogP contribution in [0.1, 0.15) is 39.1 Å². The zero-order valence-electron chi connectivity index (χ0n) is 15.4. The van der Waals surface area contributed by atoms with Crippen molar-refractivity contribution < 1.29 is 9.53 Å². The van der Waals surface area contributed by atoms with Gasteiger partial charge in [-0.3, -0.25) is 9.78 Å². The zero-order chi connectivity index (χ0) is 18.9. The highest BCUT2D eigenvalue weighted by molar-refractivity contribution is 5.87. The second kappa shape index (κ2) is 6.74. The van der Waals surface area contributed by atoms with E-state index in [1.807, 2.05) is 19.1 Å². The van der Waals surface area contributed by atoms with E-state index in [0.29, 0.717) is 24.3 Å². The van der Waals surface area contributed by atoms with Gasteiger partial charge in [-0.25, -0.2) is 14.3 Å². The minimum Gasteiger partial charge on any atom is -0.443 e. The summed E-state index contributed by atoms with van der Waals surface area (Å²) in [5.74, 6) is 0.507. The van der Waals surface area contributed by atoms with E-state index in [0.717, 1.165) is 5.56 Å². The molecule has 0 N–H and O–H groups in total. The topological polar surface area (TPSA) is 79.0 Å². The maximum absolute atomic E-state index is 12.8. The van der Waals surface area contributed by atoms with Crippen molar-refractivity contribution in [3.8, 4) is 0 Å². The summed E-state index contributed by atoms with van der Waals surface area (Å²) in [6.07, 6.45) is 5.03. The number of fused-ring (bicyclic) bond motifs is 1. The molecular formula is C19H22N4O3. The number of ether oxygens (including phenoxy) is 1. The van der Waals surface area contributed by atoms with E-state index >= 15 is 0 Å². The van der Waals surface area contributed by atoms with Crippen LogP contribution in [-0.2, 0) is 17.7 Å². The summed E-state index contributed by atoms with van der Waals surface area (Å²) in [7, 11) is 0. The molecule has 0 unspecified atom stereocenters. The smallest absolute Gasteiger partial charge is 0.420 e. The SMILES string of the molecule is CCc1nc2c(=O)n(Cc3ccncc3)ccc2n1C(=O)OC(C)(C)C. The molecule has 0 atom stereocenters. The summed E-state index contributed by atoms with van der Waals surface area (Å²) in [5, 5.41) is 0. The van der Waals surface area contributed by atoms with Crippen molar-refractivity contribution in [2.24, 2.45) is 0 Å². The first-order chi connectivity index (χ1) is 12.3. The van der Waals surface area contributed by atoms with E-state index in [-0.39, 0.29) is 11.1 Å². The van der Waals surface area contributed by atoms with Crippen LogP contribution in [0.4, 0.5) is 4.79 Å². The molecule has 0 fully saturated rings. The Morgan fingerprint density at radius 1 is 1.19 bits per heavy atom. The number of carbonyl (C=O) groups excluding carboxylic acids is 1. The van der Waals surface area contributed by atoms with E-state index in [1.54, 1.807) is 50.0 Å². The lowest BCUT2D eigenvalue weighted by Gasteiger charge is -2.20. The molecule has 7 nitrogen and oxygen atoms in total. The first kappa shape index (κ1) is 17.8. The van der Waals surface area contributed by atoms with E-state index < -0.39 is 11.7 Å². The van der Waals surface area contributed by atoms with Crippen LogP contribution in [0.25, 0.3) is 11.0 Å². The van der Waals surface area contributed by atoms with Gasteiger partial charge < -0.3 is 9.30 Å². The molecule has 0 radical (unpaired) electrons. The fourth-order valence-electron chi connectivity index (χ4n) is 2.71. The van der Waals surface area contributed by atoms with Gasteiger partial charge in [-0.2, -0.15) is 0 Å². The Morgan fingerprint density at radius 3 is 2.50 bits per heavy atom. The monoisotopic (exact) mass is 354 g/mol. The predicted molar refractivity (Wildman–Crippen MR) is 98.3 cm³/mol. The molecule has 7 heteroatoms. The van der Waals surface area contributed by atoms with Crippen molar-refractivity contribution in [2.45, 2.75) is 46.3 Å². The predicted octanol–water partition coefficient (Wildman–Crippen LogP) is 2.99. The molecule has 3 heterocycles. The van der Waals surface area contributed by atoms with Crippen LogP contribution in [0.15, 0.2) is 41.6 Å². The molecule has 0 aromatic carbocycles. The molecule has 3 aromatic heterocycles. The maximum Gasteiger partial charge on any atom is 0.420 e. The summed E-state index contributed by atoms with van der Waals surface area (Å²) in [4.78, 5) is 33.8. The van der Waals surface area contributed by atoms with Gasteiger partial charge in [0.15, 0.2) is 5.52 Å². The highest BCUT2D eigenvalue weighted by Crippen LogP contribution is 2.17. The van der Waals surface area contributed by atoms with E-state index in [2.05, 4.69) is 9.97 Å². The third-order valence-corrected chi connectivity index (χ3v) is 3.85. The van der Waals surface area contributed by atoms with Crippen molar-refractivity contribution >= 4 is 17.1 Å². The van der Waals surface area contributed by atoms with Crippen molar-refractivity contribution in [1.29, 1.82) is 0 Å². The Kier molecular flexibility index (Phi) is 4.63. The number of carbonyl (C=O) groups is 1. The third-order valence-electron chi connectivity index (χ3n) is 3.85. The molecule has 0 aliphatic heterocycles. The fraction of sp³-hybridized carbons (Fsp3) is 0.368. The van der Waals surface area contributed by atoms with Gasteiger partial charge in [-0.1, -0.05) is 6.92 Å². The number of hydrogen-bond donors (Lipinski definition) is 0. The molecule has 0 bridgehead atoms. The molecule has 3 aromatic rings. The van der Waals surface area contributed by atoms with Gasteiger partial charge in [0.05, 0.1) is 12.1 Å². The van der Waals surface area contributed by atoms with E-state index in [1.165, 1.54) is 4.57 Å². The van der Waals surface area contributed by atoms with Crippen LogP contribution in [0.2, 0.25) is 0 Å². The summed E-state index contributed by atoms with van der Waals surface area (Å²) >= 11 is 0. The summed E-state index contributed by atoms with van der Waals surface area (Å²) in [6.45, 7) is 7.71. The Balaban J connectivity index is 2.07. The van der Waals surface area contributed by atoms with Gasteiger partial charge >= 0.3 is 6.09 Å². The number of rotatable bonds is 3. The minimum atomic E-state index is -0.630. The number of pyridine rings is 2. The standard InChI is InChI=1S/C19H22N4O3/c1-5-15-21-16-14(23(15)18(25)26-19(2,3)4)8-11-22(17(16)24)12-13-6-9-20-10-7-13/h6-11H,5,12H2,1-4H3. The maximum atomic E-state index is 12.8. The van der Waals surface area contributed by atoms with Gasteiger partial charge in [0.25, 0.3) is 5.56 Å². The number of aryl methyl sites for hydroxylation is 1. The molecule has 26 heavy (non-hydrogen) atoms. The van der Waals surface area contributed by atoms with Crippen LogP contribution in [-0.4, -0.2) is 30.8 Å². The first-order valence-corrected chi connectivity index (χ1v) is 8.53. The highest BCUT2D eigenvalue weighted by Gasteiger charge is 2.23. The van der Waals surface area contributed by atoms with Crippen molar-refractivity contribution in [3.05, 3.63) is 58.5 Å². The minimum absolute atomic E-state index is 0.240. The quantitative estimate of drug-likeness (QED) is 0.722. The molecule has 0 saturated heterocycles. The van der Waals surface area contributed by atoms with Crippen LogP contribution in [0.5, 0.6) is 0 Å². The lowest BCUT2D eigenvalue weighted by Crippen LogP contribution is -2.28. The number of hydrogen-bond acceptors (Lipinski definition) is 5. The summed E-state index contributed by atoms with van der Waals surface area (Å²) in [5.41, 5.74) is 0.825. The van der Waals surface area contributed by atoms with Gasteiger partial charge in [0.2, 0.25) is 0 Å². The fourth-order valence-corrected chi connectivity index (χ4v) is 2.71. The molecular weight excluding hydrogens is 332 g/mol. The molecule has 0 amide bonds. The van der Waals surface area contributed by atoms with Gasteiger partial charge in [0.1, 0.15) is 11.4 Å². The van der Waals surface area contributed by atoms with Crippen LogP contribution in [0.3, 0.4) is 0 Å². The highest BCUT2D eigenvalue weighted by atomic mass is 16.6. The summed E-state index contributed by atoms with van der Waals surface area (Å²) < 4.78 is 8.43. The Bertz CT molecular complexity index is 997. The Labute approximate surface area is 151 Å². The third kappa shape index (κ3) is 3.51.